The van der Waals surface area contributed by atoms with Crippen LogP contribution in [0.2, 0.25) is 0 Å². The summed E-state index contributed by atoms with van der Waals surface area (Å²) >= 11 is 0. The summed E-state index contributed by atoms with van der Waals surface area (Å²) in [5.41, 5.74) is 1.53. The number of aliphatic carboxylic acids is 1. The molecule has 3 nitrogen and oxygen atoms in total. The molecule has 0 saturated heterocycles. The Balaban J connectivity index is 2.03. The maximum atomic E-state index is 11.3. The van der Waals surface area contributed by atoms with Crippen molar-refractivity contribution in [3.63, 3.8) is 0 Å². The summed E-state index contributed by atoms with van der Waals surface area (Å²) < 4.78 is 0. The molecule has 1 aliphatic carbocycles. The maximum absolute atomic E-state index is 11.3. The number of hydrogen-bond acceptors (Lipinski definition) is 2. The highest BCUT2D eigenvalue weighted by molar-refractivity contribution is 5.73. The van der Waals surface area contributed by atoms with E-state index in [1.807, 2.05) is 19.9 Å². The minimum Gasteiger partial charge on any atom is -0.480 e. The predicted octanol–water partition coefficient (Wildman–Crippen LogP) is 3.20. The summed E-state index contributed by atoms with van der Waals surface area (Å²) in [5.74, 6) is -0.635. The van der Waals surface area contributed by atoms with Crippen LogP contribution in [-0.2, 0) is 10.2 Å². The van der Waals surface area contributed by atoms with Crippen molar-refractivity contribution in [2.24, 2.45) is 5.92 Å². The van der Waals surface area contributed by atoms with Crippen molar-refractivity contribution in [2.45, 2.75) is 57.5 Å². The van der Waals surface area contributed by atoms with E-state index in [-0.39, 0.29) is 11.3 Å². The van der Waals surface area contributed by atoms with Crippen LogP contribution in [-0.4, -0.2) is 23.2 Å². The SMILES string of the molecule is CC(C)[C@@H](N[C@H]1CC[C@@](C)(c2ccccc2)C1)C(=O)O. The van der Waals surface area contributed by atoms with E-state index >= 15 is 0 Å². The molecule has 0 bridgehead atoms. The van der Waals surface area contributed by atoms with Crippen LogP contribution in [0.4, 0.5) is 0 Å². The molecule has 0 spiro atoms. The molecule has 3 atom stereocenters. The van der Waals surface area contributed by atoms with Gasteiger partial charge in [-0.05, 0) is 36.2 Å². The molecule has 20 heavy (non-hydrogen) atoms. The summed E-state index contributed by atoms with van der Waals surface area (Å²) in [6.07, 6.45) is 3.16. The first-order valence-corrected chi connectivity index (χ1v) is 7.47. The zero-order chi connectivity index (χ0) is 14.8. The molecule has 3 heteroatoms. The lowest BCUT2D eigenvalue weighted by atomic mass is 9.81. The lowest BCUT2D eigenvalue weighted by Gasteiger charge is -2.27. The van der Waals surface area contributed by atoms with Gasteiger partial charge in [0.05, 0.1) is 0 Å². The molecule has 1 fully saturated rings. The number of rotatable bonds is 5. The van der Waals surface area contributed by atoms with E-state index in [0.717, 1.165) is 19.3 Å². The third kappa shape index (κ3) is 3.21. The van der Waals surface area contributed by atoms with Gasteiger partial charge in [-0.2, -0.15) is 0 Å². The maximum Gasteiger partial charge on any atom is 0.320 e. The van der Waals surface area contributed by atoms with Crippen LogP contribution < -0.4 is 5.32 Å². The molecule has 1 aliphatic rings. The topological polar surface area (TPSA) is 49.3 Å². The van der Waals surface area contributed by atoms with Gasteiger partial charge in [0, 0.05) is 6.04 Å². The van der Waals surface area contributed by atoms with Gasteiger partial charge in [0.25, 0.3) is 0 Å². The number of carboxylic acids is 1. The molecule has 0 aliphatic heterocycles. The zero-order valence-electron chi connectivity index (χ0n) is 12.6. The van der Waals surface area contributed by atoms with Gasteiger partial charge in [-0.15, -0.1) is 0 Å². The van der Waals surface area contributed by atoms with E-state index in [4.69, 9.17) is 0 Å². The quantitative estimate of drug-likeness (QED) is 0.867. The summed E-state index contributed by atoms with van der Waals surface area (Å²) in [4.78, 5) is 11.3. The molecule has 2 rings (SSSR count). The number of hydrogen-bond donors (Lipinski definition) is 2. The fourth-order valence-corrected chi connectivity index (χ4v) is 3.29. The summed E-state index contributed by atoms with van der Waals surface area (Å²) in [5, 5.41) is 12.6. The Hall–Kier alpha value is -1.35. The third-order valence-electron chi connectivity index (χ3n) is 4.56. The highest BCUT2D eigenvalue weighted by Gasteiger charge is 2.38. The van der Waals surface area contributed by atoms with Crippen LogP contribution in [0.1, 0.15) is 45.6 Å². The number of benzene rings is 1. The van der Waals surface area contributed by atoms with Gasteiger partial charge in [-0.3, -0.25) is 4.79 Å². The van der Waals surface area contributed by atoms with Crippen LogP contribution in [0.5, 0.6) is 0 Å². The van der Waals surface area contributed by atoms with Gasteiger partial charge in [-0.25, -0.2) is 0 Å². The zero-order valence-corrected chi connectivity index (χ0v) is 12.6. The monoisotopic (exact) mass is 275 g/mol. The minimum atomic E-state index is -0.742. The lowest BCUT2D eigenvalue weighted by Crippen LogP contribution is -2.46. The van der Waals surface area contributed by atoms with Crippen LogP contribution in [0.3, 0.4) is 0 Å². The van der Waals surface area contributed by atoms with Crippen molar-refractivity contribution in [1.82, 2.24) is 5.32 Å². The molecule has 0 aromatic heterocycles. The van der Waals surface area contributed by atoms with Crippen LogP contribution in [0, 0.1) is 5.92 Å². The Morgan fingerprint density at radius 1 is 1.35 bits per heavy atom. The first-order valence-electron chi connectivity index (χ1n) is 7.47. The second-order valence-electron chi connectivity index (χ2n) is 6.59. The third-order valence-corrected chi connectivity index (χ3v) is 4.56. The summed E-state index contributed by atoms with van der Waals surface area (Å²) in [7, 11) is 0. The second kappa shape index (κ2) is 5.96. The van der Waals surface area contributed by atoms with E-state index in [2.05, 4.69) is 36.5 Å². The fourth-order valence-electron chi connectivity index (χ4n) is 3.29. The van der Waals surface area contributed by atoms with E-state index in [9.17, 15) is 9.90 Å². The van der Waals surface area contributed by atoms with Gasteiger partial charge in [0.2, 0.25) is 0 Å². The van der Waals surface area contributed by atoms with Crippen LogP contribution >= 0.6 is 0 Å². The van der Waals surface area contributed by atoms with Gasteiger partial charge < -0.3 is 10.4 Å². The van der Waals surface area contributed by atoms with Gasteiger partial charge in [0.1, 0.15) is 6.04 Å². The fraction of sp³-hybridized carbons (Fsp3) is 0.588. The Kier molecular flexibility index (Phi) is 4.48. The molecule has 1 aromatic rings. The van der Waals surface area contributed by atoms with Crippen molar-refractivity contribution < 1.29 is 9.90 Å². The smallest absolute Gasteiger partial charge is 0.320 e. The van der Waals surface area contributed by atoms with Gasteiger partial charge in [0.15, 0.2) is 0 Å². The second-order valence-corrected chi connectivity index (χ2v) is 6.59. The first-order chi connectivity index (χ1) is 9.42. The van der Waals surface area contributed by atoms with E-state index in [1.54, 1.807) is 0 Å². The summed E-state index contributed by atoms with van der Waals surface area (Å²) in [6.45, 7) is 6.20. The number of nitrogens with one attached hydrogen (secondary N) is 1. The van der Waals surface area contributed by atoms with Gasteiger partial charge in [-0.1, -0.05) is 51.1 Å². The van der Waals surface area contributed by atoms with Crippen molar-refractivity contribution in [2.75, 3.05) is 0 Å². The average molecular weight is 275 g/mol. The number of carbonyl (C=O) groups is 1. The largest absolute Gasteiger partial charge is 0.480 e. The first kappa shape index (κ1) is 15.0. The highest BCUT2D eigenvalue weighted by atomic mass is 16.4. The Bertz CT molecular complexity index is 457. The molecular weight excluding hydrogens is 250 g/mol. The Morgan fingerprint density at radius 3 is 2.55 bits per heavy atom. The van der Waals surface area contributed by atoms with Crippen molar-refractivity contribution in [3.8, 4) is 0 Å². The summed E-state index contributed by atoms with van der Waals surface area (Å²) in [6, 6.07) is 10.4. The van der Waals surface area contributed by atoms with E-state index in [0.29, 0.717) is 6.04 Å². The highest BCUT2D eigenvalue weighted by Crippen LogP contribution is 2.40. The molecular formula is C17H25NO2. The average Bonchev–Trinajstić information content (AvgIpc) is 2.79. The molecule has 2 N–H and O–H groups in total. The molecule has 0 amide bonds. The minimum absolute atomic E-state index is 0.107. The molecule has 1 saturated carbocycles. The molecule has 0 radical (unpaired) electrons. The normalized spacial score (nSPS) is 27.7. The van der Waals surface area contributed by atoms with Crippen molar-refractivity contribution in [1.29, 1.82) is 0 Å². The molecule has 1 aromatic carbocycles. The van der Waals surface area contributed by atoms with Crippen LogP contribution in [0.15, 0.2) is 30.3 Å². The molecule has 110 valence electrons. The standard InChI is InChI=1S/C17H25NO2/c1-12(2)15(16(19)20)18-14-9-10-17(3,11-14)13-7-5-4-6-8-13/h4-8,12,14-15,18H,9-11H2,1-3H3,(H,19,20)/t14-,15+,17+/m0/s1. The van der Waals surface area contributed by atoms with E-state index in [1.165, 1.54) is 5.56 Å². The van der Waals surface area contributed by atoms with Crippen molar-refractivity contribution in [3.05, 3.63) is 35.9 Å². The van der Waals surface area contributed by atoms with Crippen molar-refractivity contribution >= 4 is 5.97 Å². The predicted molar refractivity (Wildman–Crippen MR) is 80.8 cm³/mol. The lowest BCUT2D eigenvalue weighted by molar-refractivity contribution is -0.140. The van der Waals surface area contributed by atoms with E-state index < -0.39 is 12.0 Å². The Morgan fingerprint density at radius 2 is 2.00 bits per heavy atom. The molecule has 0 unspecified atom stereocenters. The Labute approximate surface area is 121 Å². The number of carboxylic acid groups (broad SMARTS) is 1. The van der Waals surface area contributed by atoms with Crippen LogP contribution in [0.25, 0.3) is 0 Å². The van der Waals surface area contributed by atoms with Gasteiger partial charge >= 0.3 is 5.97 Å². The molecule has 0 heterocycles.